The summed E-state index contributed by atoms with van der Waals surface area (Å²) in [5.41, 5.74) is 4.51. The van der Waals surface area contributed by atoms with Crippen molar-refractivity contribution in [2.24, 2.45) is 13.0 Å². The SMILES string of the molecule is C.CC.CC.Cn1cc(-c2cc(C3CCS(=O)CC3)ccc2Oc2ccc(CCC3CCN(C(=O)OC(C)(C)C)CC3)cc2)c2ccn(SI)c2c1=O. The predicted octanol–water partition coefficient (Wildman–Crippen LogP) is 11.5. The second kappa shape index (κ2) is 20.8. The Morgan fingerprint density at radius 1 is 0.943 bits per heavy atom. The Morgan fingerprint density at radius 3 is 2.19 bits per heavy atom. The number of carbonyl (C=O) groups excluding carboxylic acids is 1. The van der Waals surface area contributed by atoms with Crippen LogP contribution in [0.1, 0.15) is 105 Å². The van der Waals surface area contributed by atoms with Gasteiger partial charge in [-0.15, -0.1) is 0 Å². The minimum absolute atomic E-state index is 0. The molecule has 1 amide bonds. The average Bonchev–Trinajstić information content (AvgIpc) is 3.59. The molecule has 2 aliphatic heterocycles. The molecule has 2 aromatic heterocycles. The maximum atomic E-state index is 13.2. The average molecular weight is 878 g/mol. The third-order valence-electron chi connectivity index (χ3n) is 9.47. The van der Waals surface area contributed by atoms with Crippen LogP contribution in [0.3, 0.4) is 0 Å². The molecule has 4 aromatic rings. The number of ether oxygens (including phenoxy) is 2. The number of amides is 1. The molecule has 0 aliphatic carbocycles. The van der Waals surface area contributed by atoms with Gasteiger partial charge < -0.3 is 18.9 Å². The van der Waals surface area contributed by atoms with Crippen molar-refractivity contribution >= 4 is 58.1 Å². The monoisotopic (exact) mass is 877 g/mol. The van der Waals surface area contributed by atoms with E-state index in [-0.39, 0.29) is 19.1 Å². The zero-order valence-electron chi connectivity index (χ0n) is 32.1. The van der Waals surface area contributed by atoms with Crippen LogP contribution in [0.4, 0.5) is 4.79 Å². The number of hydrogen-bond donors (Lipinski definition) is 0. The summed E-state index contributed by atoms with van der Waals surface area (Å²) in [6, 6.07) is 16.8. The molecular weight excluding hydrogens is 818 g/mol. The summed E-state index contributed by atoms with van der Waals surface area (Å²) < 4.78 is 27.8. The third-order valence-corrected chi connectivity index (χ3v) is 12.6. The molecule has 2 aliphatic rings. The number of aromatic nitrogens is 2. The van der Waals surface area contributed by atoms with Crippen molar-refractivity contribution in [1.82, 2.24) is 13.4 Å². The molecule has 53 heavy (non-hydrogen) atoms. The first-order valence-electron chi connectivity index (χ1n) is 18.7. The smallest absolute Gasteiger partial charge is 0.410 e. The van der Waals surface area contributed by atoms with Gasteiger partial charge in [0.1, 0.15) is 22.6 Å². The number of fused-ring (bicyclic) bond motifs is 1. The van der Waals surface area contributed by atoms with Crippen molar-refractivity contribution in [3.05, 3.63) is 82.4 Å². The Hall–Kier alpha value is -2.77. The minimum atomic E-state index is -0.729. The first-order valence-corrected chi connectivity index (χ1v) is 23.5. The molecule has 0 atom stereocenters. The van der Waals surface area contributed by atoms with Gasteiger partial charge in [-0.3, -0.25) is 13.0 Å². The fraction of sp³-hybridized carbons (Fsp3) is 0.524. The molecular formula is C42H60IN3O5S2. The van der Waals surface area contributed by atoms with E-state index < -0.39 is 16.4 Å². The van der Waals surface area contributed by atoms with E-state index in [1.165, 1.54) is 20.2 Å². The van der Waals surface area contributed by atoms with Gasteiger partial charge in [-0.05, 0) is 113 Å². The quantitative estimate of drug-likeness (QED) is 0.164. The zero-order valence-corrected chi connectivity index (χ0v) is 35.9. The van der Waals surface area contributed by atoms with E-state index in [4.69, 9.17) is 9.47 Å². The summed E-state index contributed by atoms with van der Waals surface area (Å²) in [5, 5.41) is 0.890. The molecule has 6 rings (SSSR count). The largest absolute Gasteiger partial charge is 0.457 e. The molecule has 2 fully saturated rings. The highest BCUT2D eigenvalue weighted by Crippen LogP contribution is 2.41. The Balaban J connectivity index is 0.00000146. The van der Waals surface area contributed by atoms with Crippen LogP contribution >= 0.6 is 30.3 Å². The van der Waals surface area contributed by atoms with Crippen LogP contribution in [-0.2, 0) is 29.0 Å². The van der Waals surface area contributed by atoms with E-state index in [0.29, 0.717) is 17.4 Å². The van der Waals surface area contributed by atoms with Gasteiger partial charge >= 0.3 is 6.09 Å². The minimum Gasteiger partial charge on any atom is -0.457 e. The van der Waals surface area contributed by atoms with Crippen molar-refractivity contribution in [3.63, 3.8) is 0 Å². The Labute approximate surface area is 336 Å². The first kappa shape index (κ1) is 44.6. The van der Waals surface area contributed by atoms with Gasteiger partial charge in [0.2, 0.25) is 0 Å². The number of likely N-dealkylation sites (tertiary alicyclic amines) is 1. The number of carbonyl (C=O) groups is 1. The summed E-state index contributed by atoms with van der Waals surface area (Å²) in [5.74, 6) is 3.89. The normalized spacial score (nSPS) is 17.5. The highest BCUT2D eigenvalue weighted by Gasteiger charge is 2.27. The van der Waals surface area contributed by atoms with Gasteiger partial charge in [0.05, 0.1) is 0 Å². The molecule has 0 bridgehead atoms. The van der Waals surface area contributed by atoms with Gasteiger partial charge in [0.25, 0.3) is 5.56 Å². The lowest BCUT2D eigenvalue weighted by Gasteiger charge is -2.33. The van der Waals surface area contributed by atoms with E-state index in [1.807, 2.05) is 87.9 Å². The number of nitrogens with zero attached hydrogens (tertiary/aromatic N) is 3. The first-order chi connectivity index (χ1) is 25.0. The van der Waals surface area contributed by atoms with Crippen molar-refractivity contribution in [2.45, 2.75) is 106 Å². The summed E-state index contributed by atoms with van der Waals surface area (Å²) >= 11 is 2.20. The standard InChI is InChI=1S/C37H44IN3O5S2.2C2H6.CH4/c1-37(2,3)46-36(43)40-18-13-26(14-19-40)6-5-25-7-10-29(11-8-25)45-33-12-9-28(27-16-21-48(44)22-17-27)23-31(33)32-24-39(4)35(42)34-30(32)15-20-41(34)47-38;2*1-2;/h7-12,15,20,23-24,26-27H,5-6,13-14,16-19,21-22H2,1-4H3;2*1-2H3;1H4. The molecule has 292 valence electrons. The van der Waals surface area contributed by atoms with Crippen LogP contribution in [-0.4, -0.2) is 53.9 Å². The van der Waals surface area contributed by atoms with Crippen molar-refractivity contribution in [3.8, 4) is 22.6 Å². The molecule has 0 unspecified atom stereocenters. The Bertz CT molecular complexity index is 1850. The number of piperidine rings is 1. The fourth-order valence-corrected chi connectivity index (χ4v) is 9.42. The second-order valence-corrected chi connectivity index (χ2v) is 17.4. The summed E-state index contributed by atoms with van der Waals surface area (Å²) in [7, 11) is 2.54. The van der Waals surface area contributed by atoms with Gasteiger partial charge in [-0.1, -0.05) is 53.3 Å². The number of benzene rings is 2. The van der Waals surface area contributed by atoms with Gasteiger partial charge in [-0.25, -0.2) is 4.79 Å². The number of aryl methyl sites for hydroxylation is 2. The van der Waals surface area contributed by atoms with E-state index in [2.05, 4.69) is 51.5 Å². The lowest BCUT2D eigenvalue weighted by Crippen LogP contribution is -2.41. The molecule has 8 nitrogen and oxygen atoms in total. The number of pyridine rings is 1. The number of hydrogen-bond acceptors (Lipinski definition) is 6. The van der Waals surface area contributed by atoms with Crippen LogP contribution < -0.4 is 10.3 Å². The van der Waals surface area contributed by atoms with Crippen molar-refractivity contribution < 1.29 is 18.5 Å². The van der Waals surface area contributed by atoms with Gasteiger partial charge in [-0.2, -0.15) is 0 Å². The van der Waals surface area contributed by atoms with E-state index >= 15 is 0 Å². The van der Waals surface area contributed by atoms with Crippen LogP contribution in [0.5, 0.6) is 11.5 Å². The fourth-order valence-electron chi connectivity index (χ4n) is 6.78. The summed E-state index contributed by atoms with van der Waals surface area (Å²) in [6.45, 7) is 15.2. The van der Waals surface area contributed by atoms with Gasteiger partial charge in [0, 0.05) is 102 Å². The highest BCUT2D eigenvalue weighted by molar-refractivity contribution is 14.2. The maximum absolute atomic E-state index is 13.2. The summed E-state index contributed by atoms with van der Waals surface area (Å²) in [6.07, 6.45) is 9.51. The van der Waals surface area contributed by atoms with Crippen LogP contribution in [0.15, 0.2) is 65.7 Å². The third kappa shape index (κ3) is 11.6. The van der Waals surface area contributed by atoms with E-state index in [1.54, 1.807) is 11.6 Å². The lowest BCUT2D eigenvalue weighted by atomic mass is 9.90. The van der Waals surface area contributed by atoms with Crippen molar-refractivity contribution in [2.75, 3.05) is 24.6 Å². The predicted molar refractivity (Wildman–Crippen MR) is 234 cm³/mol. The van der Waals surface area contributed by atoms with Crippen LogP contribution in [0.2, 0.25) is 0 Å². The molecule has 2 aromatic carbocycles. The number of halogens is 1. The van der Waals surface area contributed by atoms with E-state index in [9.17, 15) is 13.8 Å². The van der Waals surface area contributed by atoms with Crippen molar-refractivity contribution in [1.29, 1.82) is 0 Å². The Morgan fingerprint density at radius 2 is 1.58 bits per heavy atom. The summed E-state index contributed by atoms with van der Waals surface area (Å²) in [4.78, 5) is 27.5. The zero-order chi connectivity index (χ0) is 38.0. The van der Waals surface area contributed by atoms with Gasteiger partial charge in [0.15, 0.2) is 0 Å². The molecule has 0 spiro atoms. The van der Waals surface area contributed by atoms with Crippen LogP contribution in [0.25, 0.3) is 22.0 Å². The molecule has 0 radical (unpaired) electrons. The molecule has 0 N–H and O–H groups in total. The number of rotatable bonds is 8. The van der Waals surface area contributed by atoms with E-state index in [0.717, 1.165) is 91.1 Å². The molecule has 11 heteroatoms. The molecule has 2 saturated heterocycles. The Kier molecular flexibility index (Phi) is 17.5. The lowest BCUT2D eigenvalue weighted by molar-refractivity contribution is 0.0181. The maximum Gasteiger partial charge on any atom is 0.410 e. The topological polar surface area (TPSA) is 82.8 Å². The van der Waals surface area contributed by atoms with Crippen LogP contribution in [0, 0.1) is 5.92 Å². The molecule has 4 heterocycles. The highest BCUT2D eigenvalue weighted by atomic mass is 127. The second-order valence-electron chi connectivity index (χ2n) is 14.0. The molecule has 0 saturated carbocycles.